The molecule has 1 N–H and O–H groups in total. The highest BCUT2D eigenvalue weighted by atomic mass is 32.2. The number of carboxylic acids is 1. The van der Waals surface area contributed by atoms with E-state index >= 15 is 0 Å². The normalized spacial score (nSPS) is 18.8. The fourth-order valence-corrected chi connectivity index (χ4v) is 14.0. The summed E-state index contributed by atoms with van der Waals surface area (Å²) < 4.78 is 62.0. The third-order valence-electron chi connectivity index (χ3n) is 12.5. The Balaban J connectivity index is 0.000000141. The van der Waals surface area contributed by atoms with E-state index in [0.29, 0.717) is 37.0 Å². The molecule has 7 aromatic carbocycles. The molecule has 0 heterocycles. The quantitative estimate of drug-likeness (QED) is 0.0766. The zero-order chi connectivity index (χ0) is 49.7. The Kier molecular flexibility index (Phi) is 17.4. The van der Waals surface area contributed by atoms with Crippen LogP contribution in [0, 0.1) is 30.1 Å². The number of rotatable bonds is 11. The summed E-state index contributed by atoms with van der Waals surface area (Å²) in [5.74, 6) is -1.07. The van der Waals surface area contributed by atoms with Crippen LogP contribution in [0.1, 0.15) is 54.4 Å². The lowest BCUT2D eigenvalue weighted by Gasteiger charge is -2.55. The van der Waals surface area contributed by atoms with Gasteiger partial charge >= 0.3 is 17.2 Å². The predicted molar refractivity (Wildman–Crippen MR) is 267 cm³/mol. The van der Waals surface area contributed by atoms with E-state index in [4.69, 9.17) is 5.11 Å². The molecule has 70 heavy (non-hydrogen) atoms. The summed E-state index contributed by atoms with van der Waals surface area (Å²) in [5.41, 5.74) is 0.387. The van der Waals surface area contributed by atoms with Gasteiger partial charge in [-0.05, 0) is 142 Å². The molecule has 0 saturated heterocycles. The molecule has 4 aliphatic rings. The van der Waals surface area contributed by atoms with Crippen LogP contribution in [0.15, 0.2) is 230 Å². The van der Waals surface area contributed by atoms with Crippen molar-refractivity contribution in [3.63, 3.8) is 0 Å². The average Bonchev–Trinajstić information content (AvgIpc) is 3.36. The molecule has 0 amide bonds. The van der Waals surface area contributed by atoms with Crippen LogP contribution in [0.5, 0.6) is 5.75 Å². The molecule has 0 spiro atoms. The van der Waals surface area contributed by atoms with Gasteiger partial charge in [-0.15, -0.1) is 0 Å². The van der Waals surface area contributed by atoms with E-state index in [-0.39, 0.29) is 27.4 Å². The molecular formula is C57H54F2O8S3. The Bertz CT molecular complexity index is 2710. The minimum atomic E-state index is -5.81. The first-order valence-corrected chi connectivity index (χ1v) is 26.8. The number of benzene rings is 7. The van der Waals surface area contributed by atoms with E-state index in [0.717, 1.165) is 19.3 Å². The molecule has 0 atom stereocenters. The van der Waals surface area contributed by atoms with Crippen molar-refractivity contribution in [2.45, 2.75) is 80.1 Å². The van der Waals surface area contributed by atoms with Crippen LogP contribution >= 0.6 is 0 Å². The number of halogens is 2. The van der Waals surface area contributed by atoms with E-state index in [1.54, 1.807) is 0 Å². The number of hydrogen-bond donors (Lipinski definition) is 1. The van der Waals surface area contributed by atoms with Gasteiger partial charge in [-0.25, -0.2) is 13.2 Å². The Hall–Kier alpha value is -6.25. The van der Waals surface area contributed by atoms with Gasteiger partial charge in [0.05, 0.1) is 32.8 Å². The second kappa shape index (κ2) is 23.6. The number of alkyl halides is 2. The number of aromatic carboxylic acids is 1. The zero-order valence-electron chi connectivity index (χ0n) is 38.5. The summed E-state index contributed by atoms with van der Waals surface area (Å²) in [6.07, 6.45) is 5.14. The minimum Gasteiger partial charge on any atom is -0.872 e. The van der Waals surface area contributed by atoms with Gasteiger partial charge in [-0.2, -0.15) is 8.78 Å². The Morgan fingerprint density at radius 3 is 1.19 bits per heavy atom. The van der Waals surface area contributed by atoms with Crippen LogP contribution < -0.4 is 5.11 Å². The predicted octanol–water partition coefficient (Wildman–Crippen LogP) is 12.2. The Morgan fingerprint density at radius 1 is 0.571 bits per heavy atom. The van der Waals surface area contributed by atoms with Gasteiger partial charge in [0.1, 0.15) is 0 Å². The molecule has 13 heteroatoms. The van der Waals surface area contributed by atoms with Crippen LogP contribution in [-0.2, 0) is 41.4 Å². The summed E-state index contributed by atoms with van der Waals surface area (Å²) in [4.78, 5) is 30.6. The molecule has 362 valence electrons. The van der Waals surface area contributed by atoms with Gasteiger partial charge in [-0.1, -0.05) is 133 Å². The lowest BCUT2D eigenvalue weighted by atomic mass is 9.49. The second-order valence-corrected chi connectivity index (χ2v) is 23.2. The molecule has 7 aromatic rings. The molecule has 8 nitrogen and oxygen atoms in total. The van der Waals surface area contributed by atoms with Crippen LogP contribution in [0.4, 0.5) is 8.78 Å². The van der Waals surface area contributed by atoms with Crippen molar-refractivity contribution < 1.29 is 46.3 Å². The standard InChI is InChI=1S/C19H17S.C18H15S.C13H18F2O5S.C7H6O3/c1-16-12-14-19(15-13-16)20(17-8-4-2-5-9-17)18-10-6-3-7-11-18;1-4-10-16(11-5-1)19(17-12-6-2-7-13-17)18-14-8-3-9-15-18;14-13(15,21(17,18)19)7-20-11(16)12-4-8-1-9(5-12)3-10(2-8)6-12;8-6-4-2-1-3-5(6)7(9)10/h2-15H,1H3;1-15H;8-10H,1-7H2,(H,17,18,19);1-4,8H,(H,9,10)/q2*+1;;/p-2. The largest absolute Gasteiger partial charge is 0.872 e. The fraction of sp³-hybridized carbons (Fsp3) is 0.228. The van der Waals surface area contributed by atoms with Crippen molar-refractivity contribution in [3.8, 4) is 5.75 Å². The van der Waals surface area contributed by atoms with Crippen molar-refractivity contribution >= 4 is 43.8 Å². The summed E-state index contributed by atoms with van der Waals surface area (Å²) in [6.45, 7) is 0.451. The van der Waals surface area contributed by atoms with Crippen molar-refractivity contribution in [2.75, 3.05) is 6.61 Å². The number of carbonyl (C=O) groups is 2. The molecular weight excluding hydrogens is 947 g/mol. The van der Waals surface area contributed by atoms with Crippen LogP contribution in [-0.4, -0.2) is 41.9 Å². The van der Waals surface area contributed by atoms with Gasteiger partial charge in [0.15, 0.2) is 46.1 Å². The van der Waals surface area contributed by atoms with Crippen molar-refractivity contribution in [1.82, 2.24) is 0 Å². The van der Waals surface area contributed by atoms with Crippen molar-refractivity contribution in [2.24, 2.45) is 23.2 Å². The third-order valence-corrected chi connectivity index (χ3v) is 17.8. The number of hydrogen-bond acceptors (Lipinski definition) is 7. The van der Waals surface area contributed by atoms with Crippen LogP contribution in [0.3, 0.4) is 0 Å². The number of esters is 1. The molecule has 0 radical (unpaired) electrons. The third kappa shape index (κ3) is 13.3. The molecule has 4 fully saturated rings. The minimum absolute atomic E-state index is 0.0146. The van der Waals surface area contributed by atoms with Gasteiger partial charge in [0, 0.05) is 0 Å². The molecule has 0 aliphatic heterocycles. The number of ether oxygens (including phenoxy) is 1. The topological polar surface area (TPSA) is 144 Å². The lowest BCUT2D eigenvalue weighted by Crippen LogP contribution is -2.51. The van der Waals surface area contributed by atoms with Gasteiger partial charge in [0.25, 0.3) is 0 Å². The lowest BCUT2D eigenvalue weighted by molar-refractivity contribution is -0.268. The highest BCUT2D eigenvalue weighted by molar-refractivity contribution is 7.97. The average molecular weight is 1000 g/mol. The smallest absolute Gasteiger partial charge is 0.367 e. The van der Waals surface area contributed by atoms with Crippen molar-refractivity contribution in [1.29, 1.82) is 0 Å². The Labute approximate surface area is 414 Å². The molecule has 4 saturated carbocycles. The first kappa shape index (κ1) is 51.6. The molecule has 4 aliphatic carbocycles. The maximum Gasteiger partial charge on any atom is 0.367 e. The van der Waals surface area contributed by atoms with E-state index < -0.39 is 45.1 Å². The van der Waals surface area contributed by atoms with Crippen LogP contribution in [0.2, 0.25) is 0 Å². The summed E-state index contributed by atoms with van der Waals surface area (Å²) in [7, 11) is -5.85. The van der Waals surface area contributed by atoms with E-state index in [2.05, 4.69) is 188 Å². The summed E-state index contributed by atoms with van der Waals surface area (Å²) >= 11 is 0. The van der Waals surface area contributed by atoms with E-state index in [1.165, 1.54) is 59.2 Å². The Morgan fingerprint density at radius 2 is 0.886 bits per heavy atom. The highest BCUT2D eigenvalue weighted by Gasteiger charge is 2.56. The van der Waals surface area contributed by atoms with Crippen molar-refractivity contribution in [3.05, 3.63) is 211 Å². The first-order chi connectivity index (χ1) is 33.6. The SMILES string of the molecule is Cc1ccc([S+](c2ccccc2)c2ccccc2)cc1.O=C(O)c1ccccc1[O-].O=C(OCC(F)(F)S(=O)(=O)[O-])C12CC3CC(CC(C3)C1)C2.c1ccc([S+](c2ccccc2)c2ccccc2)cc1. The van der Waals surface area contributed by atoms with Gasteiger partial charge in [0.2, 0.25) is 0 Å². The maximum atomic E-state index is 13.1. The maximum absolute atomic E-state index is 13.1. The summed E-state index contributed by atoms with van der Waals surface area (Å²) in [5, 5.41) is 14.5. The monoisotopic (exact) mass is 1000 g/mol. The van der Waals surface area contributed by atoms with E-state index in [9.17, 15) is 36.4 Å². The van der Waals surface area contributed by atoms with Crippen LogP contribution in [0.25, 0.3) is 0 Å². The zero-order valence-corrected chi connectivity index (χ0v) is 41.0. The molecule has 0 unspecified atom stereocenters. The number of para-hydroxylation sites is 1. The number of aryl methyl sites for hydroxylation is 1. The highest BCUT2D eigenvalue weighted by Crippen LogP contribution is 2.60. The summed E-state index contributed by atoms with van der Waals surface area (Å²) in [6, 6.07) is 68.1. The molecule has 0 aromatic heterocycles. The van der Waals surface area contributed by atoms with E-state index in [1.807, 2.05) is 0 Å². The number of carboxylic acid groups (broad SMARTS) is 1. The molecule has 4 bridgehead atoms. The van der Waals surface area contributed by atoms with Gasteiger partial charge < -0.3 is 19.5 Å². The first-order valence-electron chi connectivity index (χ1n) is 22.9. The number of carbonyl (C=O) groups excluding carboxylic acids is 1. The van der Waals surface area contributed by atoms with Gasteiger partial charge in [-0.3, -0.25) is 4.79 Å². The second-order valence-electron chi connectivity index (χ2n) is 17.7. The molecule has 11 rings (SSSR count). The fourth-order valence-electron chi connectivity index (χ4n) is 9.65.